The fraction of sp³-hybridized carbons (Fsp3) is 0.125. The SMILES string of the molecule is O=C(CSc1nnc(SCC(=O)c2cccs2)s1)c1ccccc1. The Kier molecular flexibility index (Phi) is 6.19. The summed E-state index contributed by atoms with van der Waals surface area (Å²) in [5.74, 6) is 0.844. The normalized spacial score (nSPS) is 10.7. The molecule has 122 valence electrons. The lowest BCUT2D eigenvalue weighted by atomic mass is 10.2. The summed E-state index contributed by atoms with van der Waals surface area (Å²) in [6.07, 6.45) is 0. The molecule has 0 saturated carbocycles. The number of Topliss-reactive ketones (excluding diaryl/α,β-unsaturated/α-hetero) is 2. The van der Waals surface area contributed by atoms with E-state index in [0.29, 0.717) is 17.1 Å². The molecule has 0 unspecified atom stereocenters. The van der Waals surface area contributed by atoms with Crippen molar-refractivity contribution < 1.29 is 9.59 Å². The van der Waals surface area contributed by atoms with Crippen LogP contribution in [-0.2, 0) is 0 Å². The molecule has 0 radical (unpaired) electrons. The van der Waals surface area contributed by atoms with Crippen molar-refractivity contribution in [3.05, 3.63) is 58.3 Å². The molecule has 2 aromatic heterocycles. The predicted molar refractivity (Wildman–Crippen MR) is 101 cm³/mol. The largest absolute Gasteiger partial charge is 0.293 e. The number of carbonyl (C=O) groups excluding carboxylic acids is 2. The quantitative estimate of drug-likeness (QED) is 0.414. The highest BCUT2D eigenvalue weighted by Gasteiger charge is 2.12. The molecule has 4 nitrogen and oxygen atoms in total. The molecule has 0 fully saturated rings. The molecule has 0 aliphatic heterocycles. The van der Waals surface area contributed by atoms with Crippen LogP contribution >= 0.6 is 46.2 Å². The van der Waals surface area contributed by atoms with Gasteiger partial charge in [0.15, 0.2) is 20.2 Å². The van der Waals surface area contributed by atoms with Crippen LogP contribution in [0.5, 0.6) is 0 Å². The van der Waals surface area contributed by atoms with Crippen LogP contribution in [0.2, 0.25) is 0 Å². The van der Waals surface area contributed by atoms with Crippen LogP contribution in [0.4, 0.5) is 0 Å². The van der Waals surface area contributed by atoms with Crippen molar-refractivity contribution in [2.75, 3.05) is 11.5 Å². The van der Waals surface area contributed by atoms with Crippen LogP contribution in [0.1, 0.15) is 20.0 Å². The van der Waals surface area contributed by atoms with E-state index in [2.05, 4.69) is 10.2 Å². The lowest BCUT2D eigenvalue weighted by Crippen LogP contribution is -2.01. The van der Waals surface area contributed by atoms with E-state index in [9.17, 15) is 9.59 Å². The maximum atomic E-state index is 12.1. The summed E-state index contributed by atoms with van der Waals surface area (Å²) in [5, 5.41) is 10.0. The zero-order valence-electron chi connectivity index (χ0n) is 12.4. The smallest absolute Gasteiger partial charge is 0.183 e. The summed E-state index contributed by atoms with van der Waals surface area (Å²) in [4.78, 5) is 24.8. The fourth-order valence-electron chi connectivity index (χ4n) is 1.78. The molecule has 0 aliphatic rings. The minimum Gasteiger partial charge on any atom is -0.293 e. The van der Waals surface area contributed by atoms with Gasteiger partial charge in [-0.3, -0.25) is 9.59 Å². The number of thiophene rings is 1. The van der Waals surface area contributed by atoms with Gasteiger partial charge < -0.3 is 0 Å². The third kappa shape index (κ3) is 4.76. The second kappa shape index (κ2) is 8.57. The summed E-state index contributed by atoms with van der Waals surface area (Å²) >= 11 is 5.61. The van der Waals surface area contributed by atoms with E-state index in [1.807, 2.05) is 35.7 Å². The first kappa shape index (κ1) is 17.3. The maximum Gasteiger partial charge on any atom is 0.183 e. The topological polar surface area (TPSA) is 59.9 Å². The van der Waals surface area contributed by atoms with Crippen LogP contribution in [0, 0.1) is 0 Å². The summed E-state index contributed by atoms with van der Waals surface area (Å²) in [7, 11) is 0. The Morgan fingerprint density at radius 1 is 0.875 bits per heavy atom. The van der Waals surface area contributed by atoms with Crippen molar-refractivity contribution in [3.63, 3.8) is 0 Å². The van der Waals surface area contributed by atoms with Gasteiger partial charge in [-0.25, -0.2) is 0 Å². The highest BCUT2D eigenvalue weighted by atomic mass is 32.2. The number of thioether (sulfide) groups is 2. The molecular formula is C16H12N2O2S4. The van der Waals surface area contributed by atoms with Crippen molar-refractivity contribution in [1.82, 2.24) is 10.2 Å². The number of aromatic nitrogens is 2. The summed E-state index contributed by atoms with van der Waals surface area (Å²) in [5.41, 5.74) is 0.700. The standard InChI is InChI=1S/C16H12N2O2S4/c19-12(11-5-2-1-3-6-11)9-22-15-17-18-16(24-15)23-10-13(20)14-7-4-8-21-14/h1-8H,9-10H2. The van der Waals surface area contributed by atoms with Gasteiger partial charge in [-0.05, 0) is 11.4 Å². The van der Waals surface area contributed by atoms with Crippen molar-refractivity contribution in [3.8, 4) is 0 Å². The van der Waals surface area contributed by atoms with Gasteiger partial charge in [0.05, 0.1) is 16.4 Å². The van der Waals surface area contributed by atoms with Crippen molar-refractivity contribution in [2.24, 2.45) is 0 Å². The molecular weight excluding hydrogens is 380 g/mol. The molecule has 24 heavy (non-hydrogen) atoms. The molecule has 0 spiro atoms. The van der Waals surface area contributed by atoms with E-state index < -0.39 is 0 Å². The number of hydrogen-bond donors (Lipinski definition) is 0. The highest BCUT2D eigenvalue weighted by Crippen LogP contribution is 2.29. The number of benzene rings is 1. The van der Waals surface area contributed by atoms with Crippen LogP contribution in [0.3, 0.4) is 0 Å². The van der Waals surface area contributed by atoms with Gasteiger partial charge >= 0.3 is 0 Å². The van der Waals surface area contributed by atoms with Crippen LogP contribution < -0.4 is 0 Å². The highest BCUT2D eigenvalue weighted by molar-refractivity contribution is 8.03. The van der Waals surface area contributed by atoms with E-state index in [1.165, 1.54) is 46.2 Å². The van der Waals surface area contributed by atoms with E-state index in [-0.39, 0.29) is 11.6 Å². The summed E-state index contributed by atoms with van der Waals surface area (Å²) in [6.45, 7) is 0. The Bertz CT molecular complexity index is 816. The van der Waals surface area contributed by atoms with Gasteiger partial charge in [0.1, 0.15) is 0 Å². The molecule has 0 aliphatic carbocycles. The van der Waals surface area contributed by atoms with Gasteiger partial charge in [0.25, 0.3) is 0 Å². The lowest BCUT2D eigenvalue weighted by molar-refractivity contribution is 0.101. The first-order valence-corrected chi connectivity index (χ1v) is 10.6. The molecule has 0 atom stereocenters. The van der Waals surface area contributed by atoms with Crippen LogP contribution in [0.25, 0.3) is 0 Å². The molecule has 0 amide bonds. The van der Waals surface area contributed by atoms with Gasteiger partial charge in [0, 0.05) is 5.56 Å². The fourth-order valence-corrected chi connectivity index (χ4v) is 5.34. The monoisotopic (exact) mass is 392 g/mol. The molecule has 0 N–H and O–H groups in total. The third-order valence-electron chi connectivity index (χ3n) is 2.93. The molecule has 8 heteroatoms. The van der Waals surface area contributed by atoms with E-state index in [4.69, 9.17) is 0 Å². The van der Waals surface area contributed by atoms with Crippen molar-refractivity contribution in [1.29, 1.82) is 0 Å². The molecule has 3 rings (SSSR count). The second-order valence-electron chi connectivity index (χ2n) is 4.60. The number of rotatable bonds is 8. The Morgan fingerprint density at radius 2 is 1.54 bits per heavy atom. The molecule has 0 bridgehead atoms. The van der Waals surface area contributed by atoms with Crippen molar-refractivity contribution in [2.45, 2.75) is 8.68 Å². The van der Waals surface area contributed by atoms with Gasteiger partial charge in [-0.15, -0.1) is 21.5 Å². The van der Waals surface area contributed by atoms with Gasteiger partial charge in [0.2, 0.25) is 0 Å². The first-order chi connectivity index (χ1) is 11.7. The zero-order valence-corrected chi connectivity index (χ0v) is 15.6. The minimum absolute atomic E-state index is 0.0675. The average Bonchev–Trinajstić information content (AvgIpc) is 3.30. The Hall–Kier alpha value is -1.48. The molecule has 1 aromatic carbocycles. The van der Waals surface area contributed by atoms with Gasteiger partial charge in [-0.2, -0.15) is 0 Å². The average molecular weight is 393 g/mol. The molecule has 2 heterocycles. The number of nitrogens with zero attached hydrogens (tertiary/aromatic N) is 2. The summed E-state index contributed by atoms with van der Waals surface area (Å²) in [6, 6.07) is 12.9. The van der Waals surface area contributed by atoms with E-state index in [0.717, 1.165) is 13.6 Å². The Morgan fingerprint density at radius 3 is 2.17 bits per heavy atom. The lowest BCUT2D eigenvalue weighted by Gasteiger charge is -1.98. The molecule has 3 aromatic rings. The van der Waals surface area contributed by atoms with E-state index >= 15 is 0 Å². The number of hydrogen-bond acceptors (Lipinski definition) is 8. The Labute approximate surface area is 155 Å². The second-order valence-corrected chi connectivity index (χ2v) is 8.97. The first-order valence-electron chi connectivity index (χ1n) is 6.96. The molecule has 0 saturated heterocycles. The predicted octanol–water partition coefficient (Wildman–Crippen LogP) is 4.55. The van der Waals surface area contributed by atoms with E-state index in [1.54, 1.807) is 12.1 Å². The van der Waals surface area contributed by atoms with Crippen LogP contribution in [-0.4, -0.2) is 33.3 Å². The zero-order chi connectivity index (χ0) is 16.8. The van der Waals surface area contributed by atoms with Gasteiger partial charge in [-0.1, -0.05) is 71.3 Å². The van der Waals surface area contributed by atoms with Crippen LogP contribution in [0.15, 0.2) is 56.5 Å². The maximum absolute atomic E-state index is 12.1. The summed E-state index contributed by atoms with van der Waals surface area (Å²) < 4.78 is 1.49. The minimum atomic E-state index is 0.0675. The third-order valence-corrected chi connectivity index (χ3v) is 7.03. The number of ketones is 2. The number of carbonyl (C=O) groups is 2. The Balaban J connectivity index is 1.49. The van der Waals surface area contributed by atoms with Crippen molar-refractivity contribution >= 4 is 57.8 Å².